The zero-order chi connectivity index (χ0) is 30.0. The molecule has 3 nitrogen and oxygen atoms in total. The van der Waals surface area contributed by atoms with E-state index in [1.54, 1.807) is 0 Å². The van der Waals surface area contributed by atoms with Crippen molar-refractivity contribution >= 4 is 85.6 Å². The molecule has 0 amide bonds. The van der Waals surface area contributed by atoms with Crippen molar-refractivity contribution in [2.45, 2.75) is 0 Å². The molecule has 0 fully saturated rings. The van der Waals surface area contributed by atoms with Crippen LogP contribution in [-0.4, -0.2) is 29.5 Å². The van der Waals surface area contributed by atoms with E-state index < -0.39 is 5.51 Å². The van der Waals surface area contributed by atoms with Crippen LogP contribution in [0.15, 0.2) is 158 Å². The van der Waals surface area contributed by atoms with Crippen molar-refractivity contribution in [3.05, 3.63) is 158 Å². The van der Waals surface area contributed by atoms with Crippen molar-refractivity contribution in [1.29, 1.82) is 0 Å². The van der Waals surface area contributed by atoms with Crippen LogP contribution in [0.4, 0.5) is 0 Å². The fourth-order valence-corrected chi connectivity index (χ4v) is 11.5. The van der Waals surface area contributed by atoms with E-state index in [1.807, 2.05) is 0 Å². The summed E-state index contributed by atoms with van der Waals surface area (Å²) in [6, 6.07) is 54.2. The van der Waals surface area contributed by atoms with E-state index in [9.17, 15) is 0 Å². The average molecular weight is 659 g/mol. The first-order valence-electron chi connectivity index (χ1n) is 15.0. The molecule has 0 radical (unpaired) electrons. The molecule has 6 aromatic carbocycles. The topological polar surface area (TPSA) is 30.2 Å². The second kappa shape index (κ2) is 10.4. The third-order valence-corrected chi connectivity index (χ3v) is 15.9. The summed E-state index contributed by atoms with van der Waals surface area (Å²) in [4.78, 5) is 10.1. The number of nitrogens with zero attached hydrogens (tertiary/aromatic N) is 3. The molecule has 3 aromatic heterocycles. The molecule has 0 saturated heterocycles. The number of benzene rings is 6. The molecule has 0 saturated carbocycles. The Balaban J connectivity index is 1.22. The number of fused-ring (bicyclic) bond motifs is 10. The maximum atomic E-state index is 5.09. The summed E-state index contributed by atoms with van der Waals surface area (Å²) >= 11 is 3.64. The van der Waals surface area contributed by atoms with Gasteiger partial charge in [-0.1, -0.05) is 36.4 Å². The van der Waals surface area contributed by atoms with Crippen LogP contribution in [0.3, 0.4) is 0 Å². The van der Waals surface area contributed by atoms with Crippen molar-refractivity contribution in [1.82, 2.24) is 14.4 Å². The van der Waals surface area contributed by atoms with Gasteiger partial charge in [0.05, 0.1) is 5.52 Å². The Morgan fingerprint density at radius 2 is 1.20 bits per heavy atom. The van der Waals surface area contributed by atoms with E-state index in [-0.39, 0.29) is 0 Å². The SMILES string of the molecule is [Se]=P(c1ccccc1)(c1ccccc1)c1ccc(-c2ccc3c(ccc4c5ccccc5c5nc6ccccc6n5c34)c2)nc1. The number of hydrogen-bond donors (Lipinski definition) is 0. The molecule has 5 heteroatoms. The summed E-state index contributed by atoms with van der Waals surface area (Å²) in [6.07, 6.45) is 2.07. The van der Waals surface area contributed by atoms with Crippen molar-refractivity contribution in [3.8, 4) is 11.3 Å². The zero-order valence-electron chi connectivity index (χ0n) is 24.2. The van der Waals surface area contributed by atoms with Crippen LogP contribution in [0.1, 0.15) is 0 Å². The molecule has 9 rings (SSSR count). The molecule has 0 bridgehead atoms. The van der Waals surface area contributed by atoms with Gasteiger partial charge in [-0.05, 0) is 12.1 Å². The number of pyridine rings is 2. The fraction of sp³-hybridized carbons (Fsp3) is 0. The molecule has 0 spiro atoms. The molecule has 212 valence electrons. The Morgan fingerprint density at radius 1 is 0.533 bits per heavy atom. The van der Waals surface area contributed by atoms with Gasteiger partial charge in [0.2, 0.25) is 0 Å². The first-order chi connectivity index (χ1) is 22.2. The van der Waals surface area contributed by atoms with E-state index in [1.165, 1.54) is 48.4 Å². The summed E-state index contributed by atoms with van der Waals surface area (Å²) in [6.45, 7) is 0. The standard InChI is InChI=1S/C40H26N3PSe/c45-44(29-11-3-1-4-12-29,30-13-5-2-6-14-30)31-21-24-36(41-26-31)28-20-22-32-27(25-28)19-23-34-33-15-7-8-16-35(33)40-42-37-17-9-10-18-38(37)43(40)39(32)34/h1-26H. The minimum atomic E-state index is -1.96. The van der Waals surface area contributed by atoms with Crippen LogP contribution < -0.4 is 15.9 Å². The van der Waals surface area contributed by atoms with Gasteiger partial charge in [0.15, 0.2) is 0 Å². The molecule has 3 heterocycles. The van der Waals surface area contributed by atoms with Gasteiger partial charge in [0.1, 0.15) is 0 Å². The molecule has 0 unspecified atom stereocenters. The summed E-state index contributed by atoms with van der Waals surface area (Å²) in [5.41, 5.74) is 4.41. The second-order valence-electron chi connectivity index (χ2n) is 11.4. The molecular formula is C40H26N3PSe. The first-order valence-corrected chi connectivity index (χ1v) is 19.0. The second-order valence-corrected chi connectivity index (χ2v) is 17.6. The number of para-hydroxylation sites is 2. The van der Waals surface area contributed by atoms with Gasteiger partial charge in [0.25, 0.3) is 0 Å². The fourth-order valence-electron chi connectivity index (χ4n) is 6.74. The van der Waals surface area contributed by atoms with E-state index in [2.05, 4.69) is 177 Å². The Kier molecular flexibility index (Phi) is 6.11. The average Bonchev–Trinajstić information content (AvgIpc) is 3.51. The van der Waals surface area contributed by atoms with Crippen LogP contribution in [0.25, 0.3) is 60.4 Å². The van der Waals surface area contributed by atoms with E-state index in [4.69, 9.17) is 9.97 Å². The van der Waals surface area contributed by atoms with Gasteiger partial charge in [0, 0.05) is 5.39 Å². The van der Waals surface area contributed by atoms with Crippen molar-refractivity contribution in [3.63, 3.8) is 0 Å². The normalized spacial score (nSPS) is 12.1. The van der Waals surface area contributed by atoms with Crippen molar-refractivity contribution in [2.24, 2.45) is 0 Å². The Bertz CT molecular complexity index is 2570. The van der Waals surface area contributed by atoms with Crippen LogP contribution in [0.5, 0.6) is 0 Å². The summed E-state index contributed by atoms with van der Waals surface area (Å²) < 4.78 is 2.34. The van der Waals surface area contributed by atoms with Gasteiger partial charge in [-0.25, -0.2) is 4.98 Å². The minimum absolute atomic E-state index is 0.963. The first kappa shape index (κ1) is 26.5. The molecule has 0 aliphatic rings. The van der Waals surface area contributed by atoms with Crippen LogP contribution in [-0.2, 0) is 0 Å². The third-order valence-electron chi connectivity index (χ3n) is 8.88. The number of aromatic nitrogens is 3. The quantitative estimate of drug-likeness (QED) is 0.108. The van der Waals surface area contributed by atoms with Crippen molar-refractivity contribution in [2.75, 3.05) is 0 Å². The van der Waals surface area contributed by atoms with Crippen LogP contribution >= 0.6 is 5.51 Å². The Labute approximate surface area is 268 Å². The summed E-state index contributed by atoms with van der Waals surface area (Å²) in [5, 5.41) is 9.82. The molecule has 0 N–H and O–H groups in total. The van der Waals surface area contributed by atoms with E-state index >= 15 is 0 Å². The maximum absolute atomic E-state index is 5.09. The summed E-state index contributed by atoms with van der Waals surface area (Å²) in [5.74, 6) is 0. The molecule has 45 heavy (non-hydrogen) atoms. The predicted octanol–water partition coefficient (Wildman–Crippen LogP) is 8.39. The van der Waals surface area contributed by atoms with Gasteiger partial charge >= 0.3 is 205 Å². The number of imidazole rings is 1. The molecule has 0 aliphatic heterocycles. The molecular weight excluding hydrogens is 632 g/mol. The molecule has 9 aromatic rings. The molecule has 0 atom stereocenters. The third kappa shape index (κ3) is 4.07. The summed E-state index contributed by atoms with van der Waals surface area (Å²) in [7, 11) is 0. The zero-order valence-corrected chi connectivity index (χ0v) is 26.8. The Morgan fingerprint density at radius 3 is 1.93 bits per heavy atom. The predicted molar refractivity (Wildman–Crippen MR) is 193 cm³/mol. The van der Waals surface area contributed by atoms with Gasteiger partial charge in [-0.2, -0.15) is 0 Å². The van der Waals surface area contributed by atoms with Gasteiger partial charge in [-0.3, -0.25) is 0 Å². The van der Waals surface area contributed by atoms with Crippen LogP contribution in [0.2, 0.25) is 0 Å². The van der Waals surface area contributed by atoms with Crippen molar-refractivity contribution < 1.29 is 0 Å². The monoisotopic (exact) mass is 659 g/mol. The van der Waals surface area contributed by atoms with Gasteiger partial charge in [-0.15, -0.1) is 0 Å². The van der Waals surface area contributed by atoms with E-state index in [0.717, 1.165) is 27.9 Å². The molecule has 0 aliphatic carbocycles. The van der Waals surface area contributed by atoms with E-state index in [0.29, 0.717) is 0 Å². The van der Waals surface area contributed by atoms with Gasteiger partial charge < -0.3 is 0 Å². The van der Waals surface area contributed by atoms with Crippen LogP contribution in [0, 0.1) is 0 Å². The number of rotatable bonds is 4. The number of hydrogen-bond acceptors (Lipinski definition) is 2. The Hall–Kier alpha value is -4.85.